The van der Waals surface area contributed by atoms with E-state index in [9.17, 15) is 4.79 Å². The summed E-state index contributed by atoms with van der Waals surface area (Å²) in [5.74, 6) is 0.0519. The summed E-state index contributed by atoms with van der Waals surface area (Å²) in [6.45, 7) is 11.4. The smallest absolute Gasteiger partial charge is 0.237 e. The van der Waals surface area contributed by atoms with E-state index < -0.39 is 0 Å². The minimum Gasteiger partial charge on any atom is -0.374 e. The van der Waals surface area contributed by atoms with Crippen LogP contribution in [0.5, 0.6) is 0 Å². The zero-order valence-corrected chi connectivity index (χ0v) is 13.0. The van der Waals surface area contributed by atoms with E-state index in [-0.39, 0.29) is 23.6 Å². The molecular formula is C14H29N3O2. The summed E-state index contributed by atoms with van der Waals surface area (Å²) in [4.78, 5) is 14.3. The van der Waals surface area contributed by atoms with Gasteiger partial charge in [-0.2, -0.15) is 0 Å². The first-order chi connectivity index (χ1) is 8.84. The van der Waals surface area contributed by atoms with Gasteiger partial charge in [0.25, 0.3) is 0 Å². The van der Waals surface area contributed by atoms with Crippen molar-refractivity contribution in [2.24, 2.45) is 0 Å². The van der Waals surface area contributed by atoms with Crippen molar-refractivity contribution < 1.29 is 9.53 Å². The molecule has 0 saturated carbocycles. The van der Waals surface area contributed by atoms with Gasteiger partial charge in [0, 0.05) is 25.2 Å². The molecular weight excluding hydrogens is 242 g/mol. The molecule has 112 valence electrons. The van der Waals surface area contributed by atoms with Crippen molar-refractivity contribution in [1.29, 1.82) is 0 Å². The van der Waals surface area contributed by atoms with Crippen LogP contribution in [0.25, 0.3) is 0 Å². The highest BCUT2D eigenvalue weighted by atomic mass is 16.5. The Balaban J connectivity index is 2.30. The minimum atomic E-state index is -0.193. The van der Waals surface area contributed by atoms with Gasteiger partial charge in [0.15, 0.2) is 0 Å². The Morgan fingerprint density at radius 2 is 2.21 bits per heavy atom. The lowest BCUT2D eigenvalue weighted by Gasteiger charge is -2.31. The average Bonchev–Trinajstić information content (AvgIpc) is 2.35. The number of ether oxygens (including phenoxy) is 1. The Hall–Kier alpha value is -0.650. The van der Waals surface area contributed by atoms with Gasteiger partial charge in [-0.3, -0.25) is 4.79 Å². The van der Waals surface area contributed by atoms with E-state index in [0.717, 1.165) is 26.1 Å². The van der Waals surface area contributed by atoms with Gasteiger partial charge >= 0.3 is 0 Å². The number of morpholine rings is 1. The first kappa shape index (κ1) is 16.4. The van der Waals surface area contributed by atoms with Gasteiger partial charge in [-0.25, -0.2) is 0 Å². The molecule has 1 aliphatic heterocycles. The number of amides is 1. The molecule has 0 aromatic rings. The quantitative estimate of drug-likeness (QED) is 0.743. The fraction of sp³-hybridized carbons (Fsp3) is 0.929. The van der Waals surface area contributed by atoms with Crippen LogP contribution in [0.1, 0.15) is 34.1 Å². The fourth-order valence-electron chi connectivity index (χ4n) is 1.92. The van der Waals surface area contributed by atoms with Crippen molar-refractivity contribution >= 4 is 5.91 Å². The average molecular weight is 271 g/mol. The summed E-state index contributed by atoms with van der Waals surface area (Å²) in [5, 5.41) is 6.31. The minimum absolute atomic E-state index is 0.0519. The molecule has 1 heterocycles. The highest BCUT2D eigenvalue weighted by Crippen LogP contribution is 2.07. The predicted molar refractivity (Wildman–Crippen MR) is 77.2 cm³/mol. The number of hydrogen-bond donors (Lipinski definition) is 2. The Kier molecular flexibility index (Phi) is 6.23. The lowest BCUT2D eigenvalue weighted by molar-refractivity contribution is -0.124. The summed E-state index contributed by atoms with van der Waals surface area (Å²) in [7, 11) is 2.09. The van der Waals surface area contributed by atoms with Crippen molar-refractivity contribution in [3.63, 3.8) is 0 Å². The van der Waals surface area contributed by atoms with Crippen LogP contribution >= 0.6 is 0 Å². The highest BCUT2D eigenvalue weighted by Gasteiger charge is 2.23. The molecule has 2 atom stereocenters. The summed E-state index contributed by atoms with van der Waals surface area (Å²) in [6, 6.07) is -0.193. The Morgan fingerprint density at radius 3 is 2.79 bits per heavy atom. The molecule has 1 rings (SSSR count). The Labute approximate surface area is 117 Å². The third-order valence-electron chi connectivity index (χ3n) is 3.73. The van der Waals surface area contributed by atoms with E-state index in [1.165, 1.54) is 0 Å². The topological polar surface area (TPSA) is 53.6 Å². The molecule has 0 bridgehead atoms. The van der Waals surface area contributed by atoms with Crippen molar-refractivity contribution in [2.45, 2.75) is 51.8 Å². The zero-order chi connectivity index (χ0) is 14.5. The van der Waals surface area contributed by atoms with E-state index in [1.54, 1.807) is 0 Å². The molecule has 1 fully saturated rings. The van der Waals surface area contributed by atoms with E-state index >= 15 is 0 Å². The second-order valence-electron chi connectivity index (χ2n) is 6.11. The number of rotatable bonds is 6. The van der Waals surface area contributed by atoms with Crippen LogP contribution in [0.2, 0.25) is 0 Å². The van der Waals surface area contributed by atoms with Gasteiger partial charge < -0.3 is 20.3 Å². The molecule has 2 unspecified atom stereocenters. The maximum atomic E-state index is 12.0. The fourth-order valence-corrected chi connectivity index (χ4v) is 1.92. The molecule has 5 heteroatoms. The second-order valence-corrected chi connectivity index (χ2v) is 6.11. The maximum absolute atomic E-state index is 12.0. The number of nitrogens with one attached hydrogen (secondary N) is 2. The number of nitrogens with zero attached hydrogens (tertiary/aromatic N) is 1. The molecule has 0 radical (unpaired) electrons. The molecule has 2 N–H and O–H groups in total. The van der Waals surface area contributed by atoms with Crippen LogP contribution in [-0.2, 0) is 9.53 Å². The maximum Gasteiger partial charge on any atom is 0.237 e. The molecule has 5 nitrogen and oxygen atoms in total. The van der Waals surface area contributed by atoms with Crippen molar-refractivity contribution in [3.8, 4) is 0 Å². The summed E-state index contributed by atoms with van der Waals surface area (Å²) in [6.07, 6.45) is 1.09. The van der Waals surface area contributed by atoms with Crippen molar-refractivity contribution in [2.75, 3.05) is 33.3 Å². The van der Waals surface area contributed by atoms with Gasteiger partial charge in [0.05, 0.1) is 18.8 Å². The van der Waals surface area contributed by atoms with Gasteiger partial charge in [-0.15, -0.1) is 0 Å². The summed E-state index contributed by atoms with van der Waals surface area (Å²) < 4.78 is 5.66. The Morgan fingerprint density at radius 1 is 1.53 bits per heavy atom. The monoisotopic (exact) mass is 271 g/mol. The summed E-state index contributed by atoms with van der Waals surface area (Å²) >= 11 is 0. The predicted octanol–water partition coefficient (Wildman–Crippen LogP) is 0.600. The molecule has 1 amide bonds. The van der Waals surface area contributed by atoms with Crippen molar-refractivity contribution in [3.05, 3.63) is 0 Å². The molecule has 0 spiro atoms. The highest BCUT2D eigenvalue weighted by molar-refractivity contribution is 5.81. The van der Waals surface area contributed by atoms with E-state index in [1.807, 2.05) is 20.8 Å². The molecule has 0 aromatic carbocycles. The van der Waals surface area contributed by atoms with E-state index in [4.69, 9.17) is 4.74 Å². The number of hydrogen-bond acceptors (Lipinski definition) is 4. The normalized spacial score (nSPS) is 23.1. The van der Waals surface area contributed by atoms with Crippen molar-refractivity contribution in [1.82, 2.24) is 15.5 Å². The van der Waals surface area contributed by atoms with Gasteiger partial charge in [0.1, 0.15) is 0 Å². The van der Waals surface area contributed by atoms with Gasteiger partial charge in [0.2, 0.25) is 5.91 Å². The van der Waals surface area contributed by atoms with E-state index in [0.29, 0.717) is 6.54 Å². The second kappa shape index (κ2) is 7.22. The third kappa shape index (κ3) is 5.89. The van der Waals surface area contributed by atoms with Crippen LogP contribution in [0.4, 0.5) is 0 Å². The molecule has 0 aromatic heterocycles. The SMILES string of the molecule is CCC(C)(C)NC(=O)C(C)NCC1CN(C)CCO1. The first-order valence-electron chi connectivity index (χ1n) is 7.19. The summed E-state index contributed by atoms with van der Waals surface area (Å²) in [5.41, 5.74) is -0.144. The largest absolute Gasteiger partial charge is 0.374 e. The number of carbonyl (C=O) groups is 1. The van der Waals surface area contributed by atoms with Crippen LogP contribution in [-0.4, -0.2) is 61.8 Å². The van der Waals surface area contributed by atoms with Crippen LogP contribution in [0, 0.1) is 0 Å². The van der Waals surface area contributed by atoms with Gasteiger partial charge in [-0.1, -0.05) is 6.92 Å². The number of likely N-dealkylation sites (N-methyl/N-ethyl adjacent to an activating group) is 1. The zero-order valence-electron chi connectivity index (χ0n) is 13.0. The third-order valence-corrected chi connectivity index (χ3v) is 3.73. The lowest BCUT2D eigenvalue weighted by atomic mass is 10.0. The van der Waals surface area contributed by atoms with E-state index in [2.05, 4.69) is 29.5 Å². The van der Waals surface area contributed by atoms with Crippen LogP contribution in [0.3, 0.4) is 0 Å². The van der Waals surface area contributed by atoms with Crippen LogP contribution in [0.15, 0.2) is 0 Å². The molecule has 1 saturated heterocycles. The molecule has 0 aliphatic carbocycles. The number of carbonyl (C=O) groups excluding carboxylic acids is 1. The van der Waals surface area contributed by atoms with Gasteiger partial charge in [-0.05, 0) is 34.2 Å². The molecule has 19 heavy (non-hydrogen) atoms. The first-order valence-corrected chi connectivity index (χ1v) is 7.19. The standard InChI is InChI=1S/C14H29N3O2/c1-6-14(3,4)16-13(18)11(2)15-9-12-10-17(5)7-8-19-12/h11-12,15H,6-10H2,1-5H3,(H,16,18). The van der Waals surface area contributed by atoms with Crippen LogP contribution < -0.4 is 10.6 Å². The Bertz CT molecular complexity index is 294. The lowest BCUT2D eigenvalue weighted by Crippen LogP contribution is -2.53. The molecule has 1 aliphatic rings.